The SMILES string of the molecule is CCc1cccc(B(O)O)c1.[Li][CH2]CCC. The van der Waals surface area contributed by atoms with E-state index in [9.17, 15) is 0 Å². The maximum atomic E-state index is 8.80. The normalized spacial score (nSPS) is 9.38. The number of unbranched alkanes of at least 4 members (excludes halogenated alkanes) is 1. The van der Waals surface area contributed by atoms with Crippen LogP contribution in [-0.4, -0.2) is 34.9 Å². The number of rotatable bonds is 4. The van der Waals surface area contributed by atoms with Gasteiger partial charge in [-0.05, 0) is 17.4 Å². The van der Waals surface area contributed by atoms with Gasteiger partial charge in [0.15, 0.2) is 0 Å². The first-order valence-corrected chi connectivity index (χ1v) is 6.10. The summed E-state index contributed by atoms with van der Waals surface area (Å²) in [6.45, 7) is 4.24. The second-order valence-corrected chi connectivity index (χ2v) is 3.83. The Bertz CT molecular complexity index is 277. The molecule has 1 aromatic rings. The van der Waals surface area contributed by atoms with Gasteiger partial charge >= 0.3 is 49.7 Å². The van der Waals surface area contributed by atoms with Crippen LogP contribution in [0, 0.1) is 0 Å². The van der Waals surface area contributed by atoms with Crippen molar-refractivity contribution < 1.29 is 10.0 Å². The fourth-order valence-corrected chi connectivity index (χ4v) is 1.33. The fourth-order valence-electron chi connectivity index (χ4n) is 1.33. The average molecular weight is 214 g/mol. The number of aryl methyl sites for hydroxylation is 1. The molecule has 0 amide bonds. The van der Waals surface area contributed by atoms with Gasteiger partial charge in [0, 0.05) is 0 Å². The third kappa shape index (κ3) is 7.14. The average Bonchev–Trinajstić information content (AvgIpc) is 2.31. The summed E-state index contributed by atoms with van der Waals surface area (Å²) in [6, 6.07) is 7.29. The molecule has 0 aliphatic carbocycles. The van der Waals surface area contributed by atoms with Gasteiger partial charge in [0.2, 0.25) is 0 Å². The minimum absolute atomic E-state index is 0.560. The van der Waals surface area contributed by atoms with Gasteiger partial charge in [-0.15, -0.1) is 0 Å². The summed E-state index contributed by atoms with van der Waals surface area (Å²) >= 11 is 2.21. The van der Waals surface area contributed by atoms with E-state index in [0.717, 1.165) is 12.0 Å². The summed E-state index contributed by atoms with van der Waals surface area (Å²) in [7, 11) is -1.35. The zero-order valence-corrected chi connectivity index (χ0v) is 10.6. The summed E-state index contributed by atoms with van der Waals surface area (Å²) in [5.74, 6) is 0. The van der Waals surface area contributed by atoms with Crippen LogP contribution in [0.2, 0.25) is 5.09 Å². The van der Waals surface area contributed by atoms with Gasteiger partial charge in [0.1, 0.15) is 0 Å². The molecule has 0 unspecified atom stereocenters. The van der Waals surface area contributed by atoms with E-state index >= 15 is 0 Å². The van der Waals surface area contributed by atoms with E-state index in [0.29, 0.717) is 5.46 Å². The topological polar surface area (TPSA) is 40.5 Å². The Kier molecular flexibility index (Phi) is 9.87. The van der Waals surface area contributed by atoms with Gasteiger partial charge in [-0.25, -0.2) is 0 Å². The van der Waals surface area contributed by atoms with E-state index in [2.05, 4.69) is 24.6 Å². The Morgan fingerprint density at radius 3 is 2.31 bits per heavy atom. The van der Waals surface area contributed by atoms with Crippen molar-refractivity contribution in [1.29, 1.82) is 0 Å². The van der Waals surface area contributed by atoms with Gasteiger partial charge in [-0.1, -0.05) is 31.2 Å². The van der Waals surface area contributed by atoms with Crippen LogP contribution in [0.1, 0.15) is 32.3 Å². The van der Waals surface area contributed by atoms with Gasteiger partial charge in [-0.3, -0.25) is 0 Å². The molecule has 2 N–H and O–H groups in total. The first kappa shape index (κ1) is 15.8. The van der Waals surface area contributed by atoms with Crippen molar-refractivity contribution in [2.24, 2.45) is 0 Å². The first-order chi connectivity index (χ1) is 7.65. The van der Waals surface area contributed by atoms with E-state index in [1.54, 1.807) is 12.1 Å². The second kappa shape index (κ2) is 9.99. The molecule has 4 heteroatoms. The van der Waals surface area contributed by atoms with Crippen LogP contribution in [0.4, 0.5) is 0 Å². The van der Waals surface area contributed by atoms with Crippen LogP contribution in [0.5, 0.6) is 0 Å². The summed E-state index contributed by atoms with van der Waals surface area (Å²) < 4.78 is 0. The Labute approximate surface area is 108 Å². The molecule has 2 nitrogen and oxygen atoms in total. The maximum absolute atomic E-state index is 8.80. The van der Waals surface area contributed by atoms with Gasteiger partial charge in [0.25, 0.3) is 0 Å². The number of hydrogen-bond acceptors (Lipinski definition) is 2. The summed E-state index contributed by atoms with van der Waals surface area (Å²) in [4.78, 5) is 0. The molecule has 16 heavy (non-hydrogen) atoms. The fraction of sp³-hybridized carbons (Fsp3) is 0.500. The van der Waals surface area contributed by atoms with Crippen molar-refractivity contribution in [3.63, 3.8) is 0 Å². The summed E-state index contributed by atoms with van der Waals surface area (Å²) in [5.41, 5.74) is 1.68. The predicted molar refractivity (Wildman–Crippen MR) is 71.1 cm³/mol. The molecule has 0 aliphatic rings. The van der Waals surface area contributed by atoms with Crippen molar-refractivity contribution in [1.82, 2.24) is 0 Å². The zero-order chi connectivity index (χ0) is 12.4. The van der Waals surface area contributed by atoms with Gasteiger partial charge in [0.05, 0.1) is 0 Å². The number of benzene rings is 1. The Balaban J connectivity index is 0.000000385. The predicted octanol–water partition coefficient (Wildman–Crippen LogP) is 1.30. The van der Waals surface area contributed by atoms with Crippen LogP contribution in [0.3, 0.4) is 0 Å². The molecule has 0 spiro atoms. The van der Waals surface area contributed by atoms with E-state index in [-0.39, 0.29) is 0 Å². The molecule has 0 heterocycles. The van der Waals surface area contributed by atoms with Gasteiger partial charge < -0.3 is 10.0 Å². The molecular formula is C12H20BLiO2. The molecule has 0 bridgehead atoms. The molecular weight excluding hydrogens is 194 g/mol. The third-order valence-electron chi connectivity index (χ3n) is 2.36. The molecule has 84 valence electrons. The van der Waals surface area contributed by atoms with Crippen LogP contribution in [-0.2, 0) is 6.42 Å². The zero-order valence-electron chi connectivity index (χ0n) is 10.6. The van der Waals surface area contributed by atoms with Crippen LogP contribution < -0.4 is 5.46 Å². The Hall–Kier alpha value is -0.198. The van der Waals surface area contributed by atoms with Crippen molar-refractivity contribution >= 4 is 30.3 Å². The van der Waals surface area contributed by atoms with Crippen molar-refractivity contribution in [3.8, 4) is 0 Å². The summed E-state index contributed by atoms with van der Waals surface area (Å²) in [6.07, 6.45) is 3.65. The number of hydrogen-bond donors (Lipinski definition) is 2. The molecule has 1 rings (SSSR count). The van der Waals surface area contributed by atoms with E-state index < -0.39 is 7.12 Å². The van der Waals surface area contributed by atoms with E-state index in [4.69, 9.17) is 10.0 Å². The molecule has 0 fully saturated rings. The first-order valence-electron chi connectivity index (χ1n) is 6.10. The van der Waals surface area contributed by atoms with Crippen molar-refractivity contribution in [2.45, 2.75) is 38.2 Å². The van der Waals surface area contributed by atoms with Crippen molar-refractivity contribution in [3.05, 3.63) is 29.8 Å². The van der Waals surface area contributed by atoms with E-state index in [1.807, 2.05) is 19.1 Å². The Morgan fingerprint density at radius 2 is 1.94 bits per heavy atom. The minimum atomic E-state index is -1.35. The van der Waals surface area contributed by atoms with Crippen LogP contribution in [0.15, 0.2) is 24.3 Å². The molecule has 0 aromatic heterocycles. The molecule has 1 aromatic carbocycles. The molecule has 0 atom stereocenters. The van der Waals surface area contributed by atoms with Crippen LogP contribution >= 0.6 is 0 Å². The Morgan fingerprint density at radius 1 is 1.25 bits per heavy atom. The third-order valence-corrected chi connectivity index (χ3v) is 2.36. The monoisotopic (exact) mass is 214 g/mol. The van der Waals surface area contributed by atoms with E-state index in [1.165, 1.54) is 17.9 Å². The standard InChI is InChI=1S/C8H11BO2.C4H9.Li/c1-2-7-4-3-5-8(6-7)9(10)11;1-3-4-2;/h3-6,10-11H,2H2,1H3;1,3-4H2,2H3;. The second-order valence-electron chi connectivity index (χ2n) is 3.83. The summed E-state index contributed by atoms with van der Waals surface area (Å²) in [5, 5.41) is 18.9. The molecule has 0 saturated heterocycles. The molecule has 0 aliphatic heterocycles. The van der Waals surface area contributed by atoms with Crippen molar-refractivity contribution in [2.75, 3.05) is 0 Å². The molecule has 0 radical (unpaired) electrons. The molecule has 0 saturated carbocycles. The van der Waals surface area contributed by atoms with Crippen LogP contribution in [0.25, 0.3) is 0 Å². The quantitative estimate of drug-likeness (QED) is 0.741. The van der Waals surface area contributed by atoms with Gasteiger partial charge in [-0.2, -0.15) is 0 Å².